The van der Waals surface area contributed by atoms with E-state index in [0.717, 1.165) is 32.1 Å². The summed E-state index contributed by atoms with van der Waals surface area (Å²) in [5.74, 6) is -0.935. The van der Waals surface area contributed by atoms with Gasteiger partial charge in [-0.1, -0.05) is 0 Å². The van der Waals surface area contributed by atoms with Crippen molar-refractivity contribution in [1.82, 2.24) is 14.7 Å². The molecule has 3 fully saturated rings. The van der Waals surface area contributed by atoms with Gasteiger partial charge in [0.2, 0.25) is 11.8 Å². The van der Waals surface area contributed by atoms with Crippen LogP contribution in [0.15, 0.2) is 0 Å². The molecule has 0 spiro atoms. The summed E-state index contributed by atoms with van der Waals surface area (Å²) in [6.45, 7) is 4.01. The maximum Gasteiger partial charge on any atom is 0.490 e. The second-order valence-corrected chi connectivity index (χ2v) is 7.34. The van der Waals surface area contributed by atoms with Crippen molar-refractivity contribution in [2.75, 3.05) is 46.8 Å². The van der Waals surface area contributed by atoms with Crippen molar-refractivity contribution < 1.29 is 32.7 Å². The number of fused-ring (bicyclic) bond motifs is 1. The Labute approximate surface area is 149 Å². The topological polar surface area (TPSA) is 81.2 Å². The number of carboxylic acids is 1. The molecule has 0 aromatic rings. The lowest BCUT2D eigenvalue weighted by Crippen LogP contribution is -2.38. The number of carbonyl (C=O) groups is 3. The summed E-state index contributed by atoms with van der Waals surface area (Å²) in [5, 5.41) is 7.12. The molecule has 0 unspecified atom stereocenters. The lowest BCUT2D eigenvalue weighted by atomic mass is 10.0. The highest BCUT2D eigenvalue weighted by atomic mass is 19.4. The van der Waals surface area contributed by atoms with Gasteiger partial charge in [0.15, 0.2) is 0 Å². The molecule has 1 saturated carbocycles. The SMILES string of the molecule is CN(C)C(=O)CN1C[C@H]2CN(CC3CC3)C(=O)[C@H]2C1.O=C(O)C(F)(F)F. The summed E-state index contributed by atoms with van der Waals surface area (Å²) < 4.78 is 31.7. The summed E-state index contributed by atoms with van der Waals surface area (Å²) >= 11 is 0. The Bertz CT molecular complexity index is 563. The highest BCUT2D eigenvalue weighted by Gasteiger charge is 2.47. The average Bonchev–Trinajstić information content (AvgIpc) is 3.18. The predicted molar refractivity (Wildman–Crippen MR) is 85.1 cm³/mol. The third-order valence-electron chi connectivity index (χ3n) is 4.88. The monoisotopic (exact) mass is 379 g/mol. The van der Waals surface area contributed by atoms with Crippen LogP contribution in [-0.2, 0) is 14.4 Å². The number of hydrogen-bond acceptors (Lipinski definition) is 4. The molecular weight excluding hydrogens is 355 g/mol. The number of hydrogen-bond donors (Lipinski definition) is 1. The van der Waals surface area contributed by atoms with Crippen molar-refractivity contribution in [2.45, 2.75) is 19.0 Å². The predicted octanol–water partition coefficient (Wildman–Crippen LogP) is 0.508. The molecule has 26 heavy (non-hydrogen) atoms. The van der Waals surface area contributed by atoms with Crippen molar-refractivity contribution in [2.24, 2.45) is 17.8 Å². The number of carbonyl (C=O) groups excluding carboxylic acids is 2. The highest BCUT2D eigenvalue weighted by Crippen LogP contribution is 2.36. The second kappa shape index (κ2) is 7.81. The third-order valence-corrected chi connectivity index (χ3v) is 4.88. The Balaban J connectivity index is 0.000000298. The Hall–Kier alpha value is -1.84. The summed E-state index contributed by atoms with van der Waals surface area (Å²) in [6, 6.07) is 0. The van der Waals surface area contributed by atoms with Crippen LogP contribution in [0.3, 0.4) is 0 Å². The quantitative estimate of drug-likeness (QED) is 0.770. The highest BCUT2D eigenvalue weighted by molar-refractivity contribution is 5.83. The number of carboxylic acid groups (broad SMARTS) is 1. The van der Waals surface area contributed by atoms with E-state index < -0.39 is 12.1 Å². The van der Waals surface area contributed by atoms with E-state index in [-0.39, 0.29) is 11.8 Å². The maximum atomic E-state index is 12.3. The van der Waals surface area contributed by atoms with Crippen LogP contribution in [0.1, 0.15) is 12.8 Å². The summed E-state index contributed by atoms with van der Waals surface area (Å²) in [7, 11) is 3.56. The lowest BCUT2D eigenvalue weighted by Gasteiger charge is -2.22. The Kier molecular flexibility index (Phi) is 6.15. The van der Waals surface area contributed by atoms with Gasteiger partial charge in [-0.2, -0.15) is 13.2 Å². The van der Waals surface area contributed by atoms with Crippen molar-refractivity contribution in [1.29, 1.82) is 0 Å². The molecule has 10 heteroatoms. The molecule has 2 heterocycles. The van der Waals surface area contributed by atoms with Crippen molar-refractivity contribution in [3.8, 4) is 0 Å². The Morgan fingerprint density at radius 2 is 1.77 bits per heavy atom. The molecule has 2 aliphatic heterocycles. The first-order chi connectivity index (χ1) is 12.0. The Morgan fingerprint density at radius 1 is 1.19 bits per heavy atom. The molecule has 2 saturated heterocycles. The van der Waals surface area contributed by atoms with Crippen LogP contribution < -0.4 is 0 Å². The minimum Gasteiger partial charge on any atom is -0.475 e. The molecule has 0 radical (unpaired) electrons. The zero-order valence-electron chi connectivity index (χ0n) is 14.8. The van der Waals surface area contributed by atoms with Crippen molar-refractivity contribution in [3.63, 3.8) is 0 Å². The molecule has 0 aromatic carbocycles. The molecule has 0 bridgehead atoms. The van der Waals surface area contributed by atoms with E-state index in [2.05, 4.69) is 9.80 Å². The lowest BCUT2D eigenvalue weighted by molar-refractivity contribution is -0.192. The molecule has 0 aromatic heterocycles. The fourth-order valence-electron chi connectivity index (χ4n) is 3.27. The number of alkyl halides is 3. The normalized spacial score (nSPS) is 25.6. The van der Waals surface area contributed by atoms with E-state index in [1.54, 1.807) is 19.0 Å². The standard InChI is InChI=1S/C14H23N3O2.C2HF3O2/c1-15(2)13(18)9-16-6-11-7-17(5-10-3-4-10)14(19)12(11)8-16;3-2(4,5)1(6)7/h10-12H,3-9H2,1-2H3;(H,6,7)/t11-,12-;/m0./s1. The number of rotatable bonds is 4. The summed E-state index contributed by atoms with van der Waals surface area (Å²) in [6.07, 6.45) is -2.49. The first kappa shape index (κ1) is 20.5. The number of nitrogens with zero attached hydrogens (tertiary/aromatic N) is 3. The van der Waals surface area contributed by atoms with Crippen LogP contribution >= 0.6 is 0 Å². The second-order valence-electron chi connectivity index (χ2n) is 7.34. The minimum atomic E-state index is -5.08. The van der Waals surface area contributed by atoms with Gasteiger partial charge in [0.05, 0.1) is 12.5 Å². The third kappa shape index (κ3) is 5.33. The molecule has 3 aliphatic rings. The van der Waals surface area contributed by atoms with Crippen LogP contribution in [0, 0.1) is 17.8 Å². The number of amides is 2. The number of halogens is 3. The van der Waals surface area contributed by atoms with Gasteiger partial charge in [0.1, 0.15) is 0 Å². The van der Waals surface area contributed by atoms with E-state index in [1.807, 2.05) is 0 Å². The molecule has 2 amide bonds. The van der Waals surface area contributed by atoms with E-state index in [0.29, 0.717) is 18.4 Å². The zero-order chi connectivity index (χ0) is 19.6. The van der Waals surface area contributed by atoms with Crippen LogP contribution in [0.2, 0.25) is 0 Å². The molecule has 2 atom stereocenters. The molecule has 148 valence electrons. The van der Waals surface area contributed by atoms with Crippen LogP contribution in [-0.4, -0.2) is 90.6 Å². The molecule has 3 rings (SSSR count). The number of likely N-dealkylation sites (N-methyl/N-ethyl adjacent to an activating group) is 1. The summed E-state index contributed by atoms with van der Waals surface area (Å²) in [5.41, 5.74) is 0. The van der Waals surface area contributed by atoms with Gasteiger partial charge in [-0.05, 0) is 18.8 Å². The largest absolute Gasteiger partial charge is 0.490 e. The van der Waals surface area contributed by atoms with E-state index in [9.17, 15) is 22.8 Å². The first-order valence-electron chi connectivity index (χ1n) is 8.50. The van der Waals surface area contributed by atoms with E-state index in [4.69, 9.17) is 9.90 Å². The molecule has 1 aliphatic carbocycles. The molecular formula is C16H24F3N3O4. The fourth-order valence-corrected chi connectivity index (χ4v) is 3.27. The molecule has 7 nitrogen and oxygen atoms in total. The van der Waals surface area contributed by atoms with Gasteiger partial charge in [0, 0.05) is 46.2 Å². The van der Waals surface area contributed by atoms with Crippen molar-refractivity contribution >= 4 is 17.8 Å². The maximum absolute atomic E-state index is 12.3. The van der Waals surface area contributed by atoms with Gasteiger partial charge < -0.3 is 14.9 Å². The van der Waals surface area contributed by atoms with Gasteiger partial charge in [-0.15, -0.1) is 0 Å². The van der Waals surface area contributed by atoms with E-state index in [1.165, 1.54) is 12.8 Å². The summed E-state index contributed by atoms with van der Waals surface area (Å²) in [4.78, 5) is 38.8. The van der Waals surface area contributed by atoms with Crippen molar-refractivity contribution in [3.05, 3.63) is 0 Å². The number of likely N-dealkylation sites (tertiary alicyclic amines) is 2. The Morgan fingerprint density at radius 3 is 2.19 bits per heavy atom. The smallest absolute Gasteiger partial charge is 0.475 e. The minimum absolute atomic E-state index is 0.127. The zero-order valence-corrected chi connectivity index (χ0v) is 14.8. The number of aliphatic carboxylic acids is 1. The first-order valence-corrected chi connectivity index (χ1v) is 8.50. The molecule has 1 N–H and O–H groups in total. The van der Waals surface area contributed by atoms with Gasteiger partial charge in [-0.3, -0.25) is 14.5 Å². The van der Waals surface area contributed by atoms with Crippen LogP contribution in [0.4, 0.5) is 13.2 Å². The average molecular weight is 379 g/mol. The van der Waals surface area contributed by atoms with Gasteiger partial charge >= 0.3 is 12.1 Å². The van der Waals surface area contributed by atoms with Crippen LogP contribution in [0.5, 0.6) is 0 Å². The van der Waals surface area contributed by atoms with Gasteiger partial charge in [-0.25, -0.2) is 4.79 Å². The van der Waals surface area contributed by atoms with Crippen LogP contribution in [0.25, 0.3) is 0 Å². The van der Waals surface area contributed by atoms with Gasteiger partial charge in [0.25, 0.3) is 0 Å². The van der Waals surface area contributed by atoms with E-state index >= 15 is 0 Å². The fraction of sp³-hybridized carbons (Fsp3) is 0.812.